The van der Waals surface area contributed by atoms with Crippen molar-refractivity contribution in [3.63, 3.8) is 0 Å². The number of aryl methyl sites for hydroxylation is 1. The molecule has 3 rings (SSSR count). The predicted molar refractivity (Wildman–Crippen MR) is 114 cm³/mol. The summed E-state index contributed by atoms with van der Waals surface area (Å²) in [5, 5.41) is 2.78. The molecule has 160 valence electrons. The van der Waals surface area contributed by atoms with Crippen molar-refractivity contribution in [3.8, 4) is 5.75 Å². The molecule has 0 radical (unpaired) electrons. The second-order valence-electron chi connectivity index (χ2n) is 7.41. The molecule has 2 aromatic carbocycles. The summed E-state index contributed by atoms with van der Waals surface area (Å²) in [5.74, 6) is 0.475. The summed E-state index contributed by atoms with van der Waals surface area (Å²) in [5.41, 5.74) is 1.68. The highest BCUT2D eigenvalue weighted by Crippen LogP contribution is 2.14. The SMILES string of the molecule is COc1ccc(CCC(=O)N2CCCN(CC(=O)Nc3ccc(F)cc3)CC2)cc1. The van der Waals surface area contributed by atoms with Gasteiger partial charge in [-0.2, -0.15) is 0 Å². The highest BCUT2D eigenvalue weighted by atomic mass is 19.1. The third kappa shape index (κ3) is 6.56. The number of carbonyl (C=O) groups is 2. The quantitative estimate of drug-likeness (QED) is 0.758. The number of nitrogens with zero attached hydrogens (tertiary/aromatic N) is 2. The van der Waals surface area contributed by atoms with Gasteiger partial charge in [-0.15, -0.1) is 0 Å². The van der Waals surface area contributed by atoms with E-state index in [1.54, 1.807) is 19.2 Å². The minimum absolute atomic E-state index is 0.138. The summed E-state index contributed by atoms with van der Waals surface area (Å²) in [7, 11) is 1.63. The zero-order valence-corrected chi connectivity index (χ0v) is 17.3. The topological polar surface area (TPSA) is 61.9 Å². The fraction of sp³-hybridized carbons (Fsp3) is 0.391. The molecule has 0 bridgehead atoms. The van der Waals surface area contributed by atoms with Crippen LogP contribution in [-0.2, 0) is 16.0 Å². The van der Waals surface area contributed by atoms with Crippen LogP contribution < -0.4 is 10.1 Å². The average molecular weight is 413 g/mol. The second-order valence-corrected chi connectivity index (χ2v) is 7.41. The van der Waals surface area contributed by atoms with E-state index >= 15 is 0 Å². The Kier molecular flexibility index (Phi) is 7.79. The van der Waals surface area contributed by atoms with E-state index in [4.69, 9.17) is 4.74 Å². The number of hydrogen-bond donors (Lipinski definition) is 1. The molecule has 1 heterocycles. The smallest absolute Gasteiger partial charge is 0.238 e. The summed E-state index contributed by atoms with van der Waals surface area (Å²) >= 11 is 0. The van der Waals surface area contributed by atoms with E-state index in [2.05, 4.69) is 10.2 Å². The standard InChI is InChI=1S/C23H28FN3O3/c1-30-21-10-3-18(4-11-21)5-12-23(29)27-14-2-13-26(15-16-27)17-22(28)25-20-8-6-19(24)7-9-20/h3-4,6-11H,2,5,12-17H2,1H3,(H,25,28). The van der Waals surface area contributed by atoms with Gasteiger partial charge < -0.3 is 15.0 Å². The van der Waals surface area contributed by atoms with Crippen LogP contribution in [0.2, 0.25) is 0 Å². The fourth-order valence-electron chi connectivity index (χ4n) is 3.52. The largest absolute Gasteiger partial charge is 0.497 e. The molecule has 0 aliphatic carbocycles. The lowest BCUT2D eigenvalue weighted by molar-refractivity contribution is -0.131. The molecule has 2 amide bonds. The van der Waals surface area contributed by atoms with Crippen molar-refractivity contribution < 1.29 is 18.7 Å². The third-order valence-electron chi connectivity index (χ3n) is 5.22. The number of methoxy groups -OCH3 is 1. The summed E-state index contributed by atoms with van der Waals surface area (Å²) in [4.78, 5) is 28.8. The van der Waals surface area contributed by atoms with Crippen molar-refractivity contribution in [3.05, 3.63) is 59.9 Å². The number of halogens is 1. The van der Waals surface area contributed by atoms with Crippen molar-refractivity contribution in [2.75, 3.05) is 45.2 Å². The molecule has 1 aliphatic heterocycles. The van der Waals surface area contributed by atoms with Gasteiger partial charge in [-0.1, -0.05) is 12.1 Å². The number of hydrogen-bond acceptors (Lipinski definition) is 4. The summed E-state index contributed by atoms with van der Waals surface area (Å²) in [6.45, 7) is 3.00. The maximum absolute atomic E-state index is 13.0. The molecule has 0 saturated carbocycles. The van der Waals surface area contributed by atoms with Crippen molar-refractivity contribution in [1.82, 2.24) is 9.80 Å². The predicted octanol–water partition coefficient (Wildman–Crippen LogP) is 2.94. The minimum Gasteiger partial charge on any atom is -0.497 e. The van der Waals surface area contributed by atoms with Crippen LogP contribution in [0, 0.1) is 5.82 Å². The van der Waals surface area contributed by atoms with Crippen LogP contribution in [0.15, 0.2) is 48.5 Å². The lowest BCUT2D eigenvalue weighted by Gasteiger charge is -2.22. The number of benzene rings is 2. The first-order chi connectivity index (χ1) is 14.5. The number of ether oxygens (including phenoxy) is 1. The van der Waals surface area contributed by atoms with E-state index in [1.165, 1.54) is 12.1 Å². The van der Waals surface area contributed by atoms with Gasteiger partial charge >= 0.3 is 0 Å². The molecule has 6 nitrogen and oxygen atoms in total. The zero-order chi connectivity index (χ0) is 21.3. The summed E-state index contributed by atoms with van der Waals surface area (Å²) in [6, 6.07) is 13.5. The number of carbonyl (C=O) groups excluding carboxylic acids is 2. The van der Waals surface area contributed by atoms with E-state index in [1.807, 2.05) is 29.2 Å². The van der Waals surface area contributed by atoms with Crippen molar-refractivity contribution in [2.24, 2.45) is 0 Å². The first-order valence-electron chi connectivity index (χ1n) is 10.2. The van der Waals surface area contributed by atoms with Gasteiger partial charge in [0.25, 0.3) is 0 Å². The Balaban J connectivity index is 1.42. The lowest BCUT2D eigenvalue weighted by Crippen LogP contribution is -2.38. The third-order valence-corrected chi connectivity index (χ3v) is 5.22. The van der Waals surface area contributed by atoms with E-state index in [0.29, 0.717) is 38.2 Å². The molecule has 1 aliphatic rings. The maximum Gasteiger partial charge on any atom is 0.238 e. The van der Waals surface area contributed by atoms with Crippen molar-refractivity contribution in [2.45, 2.75) is 19.3 Å². The number of amides is 2. The Morgan fingerprint density at radius 1 is 1.00 bits per heavy atom. The van der Waals surface area contributed by atoms with Crippen LogP contribution in [0.3, 0.4) is 0 Å². The normalized spacial score (nSPS) is 14.8. The minimum atomic E-state index is -0.336. The highest BCUT2D eigenvalue weighted by molar-refractivity contribution is 5.92. The maximum atomic E-state index is 13.0. The molecule has 1 saturated heterocycles. The first kappa shape index (κ1) is 21.8. The fourth-order valence-corrected chi connectivity index (χ4v) is 3.52. The van der Waals surface area contributed by atoms with Gasteiger partial charge in [-0.3, -0.25) is 14.5 Å². The van der Waals surface area contributed by atoms with Gasteiger partial charge in [0.15, 0.2) is 0 Å². The average Bonchev–Trinajstić information content (AvgIpc) is 2.99. The number of rotatable bonds is 7. The molecule has 1 fully saturated rings. The van der Waals surface area contributed by atoms with Crippen molar-refractivity contribution >= 4 is 17.5 Å². The van der Waals surface area contributed by atoms with E-state index < -0.39 is 0 Å². The van der Waals surface area contributed by atoms with Crippen molar-refractivity contribution in [1.29, 1.82) is 0 Å². The molecule has 2 aromatic rings. The van der Waals surface area contributed by atoms with E-state index in [-0.39, 0.29) is 24.2 Å². The Labute approximate surface area is 176 Å². The molecule has 0 unspecified atom stereocenters. The van der Waals surface area contributed by atoms with Crippen LogP contribution in [0.4, 0.5) is 10.1 Å². The van der Waals surface area contributed by atoms with Gasteiger partial charge in [0.2, 0.25) is 11.8 Å². The van der Waals surface area contributed by atoms with Gasteiger partial charge in [-0.25, -0.2) is 4.39 Å². The van der Waals surface area contributed by atoms with E-state index in [0.717, 1.165) is 24.3 Å². The second kappa shape index (κ2) is 10.7. The molecule has 0 aromatic heterocycles. The monoisotopic (exact) mass is 413 g/mol. The Bertz CT molecular complexity index is 840. The van der Waals surface area contributed by atoms with Crippen LogP contribution in [-0.4, -0.2) is 61.4 Å². The molecular formula is C23H28FN3O3. The van der Waals surface area contributed by atoms with Gasteiger partial charge in [0.05, 0.1) is 13.7 Å². The Morgan fingerprint density at radius 3 is 2.43 bits per heavy atom. The Morgan fingerprint density at radius 2 is 1.73 bits per heavy atom. The number of nitrogens with one attached hydrogen (secondary N) is 1. The lowest BCUT2D eigenvalue weighted by atomic mass is 10.1. The molecule has 1 N–H and O–H groups in total. The highest BCUT2D eigenvalue weighted by Gasteiger charge is 2.20. The number of anilines is 1. The molecule has 0 spiro atoms. The van der Waals surface area contributed by atoms with Crippen LogP contribution in [0.1, 0.15) is 18.4 Å². The van der Waals surface area contributed by atoms with Gasteiger partial charge in [0.1, 0.15) is 11.6 Å². The molecule has 7 heteroatoms. The van der Waals surface area contributed by atoms with E-state index in [9.17, 15) is 14.0 Å². The molecule has 30 heavy (non-hydrogen) atoms. The van der Waals surface area contributed by atoms with Crippen LogP contribution in [0.25, 0.3) is 0 Å². The first-order valence-corrected chi connectivity index (χ1v) is 10.2. The molecular weight excluding hydrogens is 385 g/mol. The zero-order valence-electron chi connectivity index (χ0n) is 17.3. The molecule has 0 atom stereocenters. The van der Waals surface area contributed by atoms with Gasteiger partial charge in [0, 0.05) is 38.3 Å². The van der Waals surface area contributed by atoms with Gasteiger partial charge in [-0.05, 0) is 54.8 Å². The Hall–Kier alpha value is -2.93. The summed E-state index contributed by atoms with van der Waals surface area (Å²) in [6.07, 6.45) is 2.00. The van der Waals surface area contributed by atoms with Crippen LogP contribution >= 0.6 is 0 Å². The summed E-state index contributed by atoms with van der Waals surface area (Å²) < 4.78 is 18.1. The van der Waals surface area contributed by atoms with Crippen LogP contribution in [0.5, 0.6) is 5.75 Å².